The Hall–Kier alpha value is -2.94. The van der Waals surface area contributed by atoms with Gasteiger partial charge in [0.15, 0.2) is 6.61 Å². The first-order valence-electron chi connectivity index (χ1n) is 5.91. The number of nitrogens with one attached hydrogen (secondary N) is 1. The van der Waals surface area contributed by atoms with E-state index in [0.717, 1.165) is 5.69 Å². The SMILES string of the molecule is N#Cc1ccc(CNc2ccc(OCC(N)=O)cc2)o1. The number of ether oxygens (including phenoxy) is 1. The summed E-state index contributed by atoms with van der Waals surface area (Å²) in [6.45, 7) is 0.333. The lowest BCUT2D eigenvalue weighted by atomic mass is 10.3. The lowest BCUT2D eigenvalue weighted by molar-refractivity contribution is -0.119. The van der Waals surface area contributed by atoms with Crippen LogP contribution in [0.25, 0.3) is 0 Å². The fraction of sp³-hybridized carbons (Fsp3) is 0.143. The molecule has 0 saturated carbocycles. The van der Waals surface area contributed by atoms with E-state index in [1.54, 1.807) is 24.3 Å². The Morgan fingerprint density at radius 2 is 2.05 bits per heavy atom. The van der Waals surface area contributed by atoms with Crippen molar-refractivity contribution in [3.05, 3.63) is 47.9 Å². The maximum absolute atomic E-state index is 10.6. The predicted octanol–water partition coefficient (Wildman–Crippen LogP) is 1.63. The molecule has 1 heterocycles. The Morgan fingerprint density at radius 1 is 1.30 bits per heavy atom. The van der Waals surface area contributed by atoms with Gasteiger partial charge in [-0.3, -0.25) is 4.79 Å². The highest BCUT2D eigenvalue weighted by Gasteiger charge is 2.02. The number of hydrogen-bond acceptors (Lipinski definition) is 5. The quantitative estimate of drug-likeness (QED) is 0.831. The van der Waals surface area contributed by atoms with Crippen molar-refractivity contribution in [2.24, 2.45) is 5.73 Å². The van der Waals surface area contributed by atoms with E-state index in [9.17, 15) is 4.79 Å². The normalized spacial score (nSPS) is 9.75. The van der Waals surface area contributed by atoms with Crippen molar-refractivity contribution in [2.75, 3.05) is 11.9 Å². The third-order valence-corrected chi connectivity index (χ3v) is 2.47. The smallest absolute Gasteiger partial charge is 0.255 e. The topological polar surface area (TPSA) is 101 Å². The molecule has 2 rings (SSSR count). The van der Waals surface area contributed by atoms with Crippen LogP contribution in [0.5, 0.6) is 5.75 Å². The third kappa shape index (κ3) is 3.78. The molecule has 2 aromatic rings. The van der Waals surface area contributed by atoms with Crippen molar-refractivity contribution < 1.29 is 13.9 Å². The first-order valence-corrected chi connectivity index (χ1v) is 5.91. The van der Waals surface area contributed by atoms with Crippen molar-refractivity contribution in [2.45, 2.75) is 6.54 Å². The molecule has 0 bridgehead atoms. The second-order valence-corrected chi connectivity index (χ2v) is 4.01. The van der Waals surface area contributed by atoms with Gasteiger partial charge in [-0.1, -0.05) is 0 Å². The van der Waals surface area contributed by atoms with Gasteiger partial charge in [-0.15, -0.1) is 0 Å². The molecule has 0 saturated heterocycles. The van der Waals surface area contributed by atoms with E-state index >= 15 is 0 Å². The number of furan rings is 1. The Kier molecular flexibility index (Phi) is 4.24. The molecule has 0 aliphatic carbocycles. The molecule has 1 aromatic carbocycles. The highest BCUT2D eigenvalue weighted by molar-refractivity contribution is 5.75. The Balaban J connectivity index is 1.87. The number of anilines is 1. The van der Waals surface area contributed by atoms with E-state index in [1.165, 1.54) is 0 Å². The molecule has 0 unspecified atom stereocenters. The standard InChI is InChI=1S/C14H13N3O3/c15-7-12-5-6-13(20-12)8-17-10-1-3-11(4-2-10)19-9-14(16)18/h1-6,17H,8-9H2,(H2,16,18). The Labute approximate surface area is 115 Å². The van der Waals surface area contributed by atoms with Gasteiger partial charge in [0.1, 0.15) is 17.6 Å². The van der Waals surface area contributed by atoms with Gasteiger partial charge in [-0.25, -0.2) is 0 Å². The number of primary amides is 1. The summed E-state index contributed by atoms with van der Waals surface area (Å²) in [6.07, 6.45) is 0. The van der Waals surface area contributed by atoms with Gasteiger partial charge < -0.3 is 20.2 Å². The summed E-state index contributed by atoms with van der Waals surface area (Å²) >= 11 is 0. The molecule has 1 aromatic heterocycles. The lowest BCUT2D eigenvalue weighted by Gasteiger charge is -2.07. The fourth-order valence-corrected chi connectivity index (χ4v) is 1.55. The highest BCUT2D eigenvalue weighted by atomic mass is 16.5. The van der Waals surface area contributed by atoms with Gasteiger partial charge in [0.25, 0.3) is 5.91 Å². The van der Waals surface area contributed by atoms with Gasteiger partial charge in [0, 0.05) is 5.69 Å². The van der Waals surface area contributed by atoms with Gasteiger partial charge in [0.05, 0.1) is 6.54 Å². The van der Waals surface area contributed by atoms with E-state index in [1.807, 2.05) is 18.2 Å². The zero-order valence-electron chi connectivity index (χ0n) is 10.6. The molecule has 0 radical (unpaired) electrons. The van der Waals surface area contributed by atoms with Crippen molar-refractivity contribution in [1.82, 2.24) is 0 Å². The molecule has 0 fully saturated rings. The molecule has 6 heteroatoms. The minimum absolute atomic E-state index is 0.143. The number of nitrogens with two attached hydrogens (primary N) is 1. The Morgan fingerprint density at radius 3 is 2.65 bits per heavy atom. The molecule has 0 atom stereocenters. The van der Waals surface area contributed by atoms with Crippen molar-refractivity contribution in [3.8, 4) is 11.8 Å². The minimum Gasteiger partial charge on any atom is -0.484 e. The van der Waals surface area contributed by atoms with Gasteiger partial charge >= 0.3 is 0 Å². The number of benzene rings is 1. The molecule has 0 aliphatic rings. The zero-order chi connectivity index (χ0) is 14.4. The van der Waals surface area contributed by atoms with Crippen LogP contribution in [0.1, 0.15) is 11.5 Å². The largest absolute Gasteiger partial charge is 0.484 e. The molecule has 1 amide bonds. The number of rotatable bonds is 6. The van der Waals surface area contributed by atoms with Crippen molar-refractivity contribution in [3.63, 3.8) is 0 Å². The number of nitrogens with zero attached hydrogens (tertiary/aromatic N) is 1. The second-order valence-electron chi connectivity index (χ2n) is 4.01. The summed E-state index contributed by atoms with van der Waals surface area (Å²) < 4.78 is 10.4. The molecule has 102 valence electrons. The summed E-state index contributed by atoms with van der Waals surface area (Å²) in [4.78, 5) is 10.6. The average molecular weight is 271 g/mol. The van der Waals surface area contributed by atoms with E-state index in [4.69, 9.17) is 20.1 Å². The molecule has 0 aliphatic heterocycles. The number of carbonyl (C=O) groups excluding carboxylic acids is 1. The van der Waals surface area contributed by atoms with Crippen LogP contribution in [0.15, 0.2) is 40.8 Å². The van der Waals surface area contributed by atoms with Gasteiger partial charge in [-0.2, -0.15) is 5.26 Å². The van der Waals surface area contributed by atoms with Crippen LogP contribution in [0, 0.1) is 11.3 Å². The molecule has 6 nitrogen and oxygen atoms in total. The van der Waals surface area contributed by atoms with Crippen LogP contribution in [0.2, 0.25) is 0 Å². The number of hydrogen-bond donors (Lipinski definition) is 2. The number of nitriles is 1. The number of carbonyl (C=O) groups is 1. The summed E-state index contributed by atoms with van der Waals surface area (Å²) in [6, 6.07) is 12.4. The molecular weight excluding hydrogens is 258 g/mol. The number of amides is 1. The van der Waals surface area contributed by atoms with E-state index in [0.29, 0.717) is 18.1 Å². The Bertz CT molecular complexity index is 626. The maximum Gasteiger partial charge on any atom is 0.255 e. The summed E-state index contributed by atoms with van der Waals surface area (Å²) in [7, 11) is 0. The van der Waals surface area contributed by atoms with Crippen LogP contribution < -0.4 is 15.8 Å². The zero-order valence-corrected chi connectivity index (χ0v) is 10.6. The van der Waals surface area contributed by atoms with Crippen LogP contribution >= 0.6 is 0 Å². The van der Waals surface area contributed by atoms with Crippen molar-refractivity contribution >= 4 is 11.6 Å². The minimum atomic E-state index is -0.515. The van der Waals surface area contributed by atoms with E-state index < -0.39 is 5.91 Å². The maximum atomic E-state index is 10.6. The monoisotopic (exact) mass is 271 g/mol. The molecule has 3 N–H and O–H groups in total. The van der Waals surface area contributed by atoms with E-state index in [-0.39, 0.29) is 12.4 Å². The second kappa shape index (κ2) is 6.29. The summed E-state index contributed by atoms with van der Waals surface area (Å²) in [5.74, 6) is 1.02. The van der Waals surface area contributed by atoms with Crippen molar-refractivity contribution in [1.29, 1.82) is 5.26 Å². The van der Waals surface area contributed by atoms with Crippen LogP contribution in [-0.4, -0.2) is 12.5 Å². The highest BCUT2D eigenvalue weighted by Crippen LogP contribution is 2.17. The lowest BCUT2D eigenvalue weighted by Crippen LogP contribution is -2.19. The molecule has 20 heavy (non-hydrogen) atoms. The molecule has 0 spiro atoms. The van der Waals surface area contributed by atoms with Crippen LogP contribution in [-0.2, 0) is 11.3 Å². The average Bonchev–Trinajstić information content (AvgIpc) is 2.92. The van der Waals surface area contributed by atoms with Crippen LogP contribution in [0.3, 0.4) is 0 Å². The summed E-state index contributed by atoms with van der Waals surface area (Å²) in [5, 5.41) is 11.8. The van der Waals surface area contributed by atoms with E-state index in [2.05, 4.69) is 5.32 Å². The predicted molar refractivity (Wildman–Crippen MR) is 71.9 cm³/mol. The van der Waals surface area contributed by atoms with Crippen LogP contribution in [0.4, 0.5) is 5.69 Å². The summed E-state index contributed by atoms with van der Waals surface area (Å²) in [5.41, 5.74) is 5.85. The first-order chi connectivity index (χ1) is 9.67. The molecular formula is C14H13N3O3. The van der Waals surface area contributed by atoms with Gasteiger partial charge in [0.2, 0.25) is 5.76 Å². The fourth-order valence-electron chi connectivity index (χ4n) is 1.55. The first kappa shape index (κ1) is 13.5. The van der Waals surface area contributed by atoms with Gasteiger partial charge in [-0.05, 0) is 36.4 Å². The third-order valence-electron chi connectivity index (χ3n) is 2.47.